The number of hydrogen-bond acceptors (Lipinski definition) is 3. The zero-order valence-corrected chi connectivity index (χ0v) is 10.8. The first kappa shape index (κ1) is 15.6. The molecular weight excluding hydrogens is 261 g/mol. The van der Waals surface area contributed by atoms with E-state index in [0.717, 1.165) is 0 Å². The molecule has 1 aromatic heterocycles. The van der Waals surface area contributed by atoms with Crippen molar-refractivity contribution in [2.75, 3.05) is 6.54 Å². The topological polar surface area (TPSA) is 59.5 Å². The van der Waals surface area contributed by atoms with Crippen LogP contribution in [0.5, 0.6) is 0 Å². The van der Waals surface area contributed by atoms with Crippen molar-refractivity contribution in [3.63, 3.8) is 0 Å². The SMILES string of the molecule is CCC(C)(N)C(=O)N(Cc1ccco1)CC(F)(F)F. The van der Waals surface area contributed by atoms with Crippen LogP contribution in [-0.2, 0) is 11.3 Å². The van der Waals surface area contributed by atoms with Crippen LogP contribution in [-0.4, -0.2) is 29.1 Å². The van der Waals surface area contributed by atoms with Gasteiger partial charge in [-0.1, -0.05) is 6.92 Å². The number of furan rings is 1. The first-order valence-corrected chi connectivity index (χ1v) is 5.83. The van der Waals surface area contributed by atoms with Gasteiger partial charge in [-0.05, 0) is 25.5 Å². The van der Waals surface area contributed by atoms with E-state index in [1.807, 2.05) is 0 Å². The van der Waals surface area contributed by atoms with E-state index in [1.165, 1.54) is 19.3 Å². The molecule has 1 heterocycles. The van der Waals surface area contributed by atoms with E-state index in [4.69, 9.17) is 10.2 Å². The van der Waals surface area contributed by atoms with Crippen LogP contribution >= 0.6 is 0 Å². The summed E-state index contributed by atoms with van der Waals surface area (Å²) in [5.74, 6) is -0.465. The van der Waals surface area contributed by atoms with Gasteiger partial charge in [0, 0.05) is 0 Å². The minimum absolute atomic E-state index is 0.248. The van der Waals surface area contributed by atoms with E-state index in [9.17, 15) is 18.0 Å². The molecule has 1 amide bonds. The normalized spacial score (nSPS) is 15.1. The molecule has 1 rings (SSSR count). The number of alkyl halides is 3. The zero-order valence-electron chi connectivity index (χ0n) is 10.8. The molecule has 0 radical (unpaired) electrons. The fourth-order valence-electron chi connectivity index (χ4n) is 1.52. The van der Waals surface area contributed by atoms with Crippen LogP contribution in [0.1, 0.15) is 26.0 Å². The molecule has 2 N–H and O–H groups in total. The summed E-state index contributed by atoms with van der Waals surface area (Å²) in [4.78, 5) is 12.7. The first-order valence-electron chi connectivity index (χ1n) is 5.83. The summed E-state index contributed by atoms with van der Waals surface area (Å²) in [7, 11) is 0. The zero-order chi connectivity index (χ0) is 14.7. The lowest BCUT2D eigenvalue weighted by atomic mass is 9.98. The van der Waals surface area contributed by atoms with Crippen LogP contribution in [0.15, 0.2) is 22.8 Å². The highest BCUT2D eigenvalue weighted by atomic mass is 19.4. The predicted octanol–water partition coefficient (Wildman–Crippen LogP) is 2.30. The number of halogens is 3. The second kappa shape index (κ2) is 5.64. The average molecular weight is 278 g/mol. The van der Waals surface area contributed by atoms with Crippen molar-refractivity contribution in [1.82, 2.24) is 4.90 Å². The van der Waals surface area contributed by atoms with Crippen LogP contribution in [0.25, 0.3) is 0 Å². The fourth-order valence-corrected chi connectivity index (χ4v) is 1.52. The van der Waals surface area contributed by atoms with Crippen molar-refractivity contribution in [2.45, 2.75) is 38.5 Å². The summed E-state index contributed by atoms with van der Waals surface area (Å²) in [5.41, 5.74) is 4.40. The van der Waals surface area contributed by atoms with Gasteiger partial charge >= 0.3 is 6.18 Å². The van der Waals surface area contributed by atoms with Crippen LogP contribution in [0.4, 0.5) is 13.2 Å². The molecule has 1 aromatic rings. The molecule has 0 fully saturated rings. The number of nitrogens with two attached hydrogens (primary N) is 1. The summed E-state index contributed by atoms with van der Waals surface area (Å²) in [5, 5.41) is 0. The number of carbonyl (C=O) groups is 1. The van der Waals surface area contributed by atoms with E-state index in [-0.39, 0.29) is 18.7 Å². The summed E-state index contributed by atoms with van der Waals surface area (Å²) in [6.45, 7) is 1.47. The Morgan fingerprint density at radius 1 is 1.47 bits per heavy atom. The summed E-state index contributed by atoms with van der Waals surface area (Å²) < 4.78 is 42.5. The third kappa shape index (κ3) is 4.59. The second-order valence-corrected chi connectivity index (χ2v) is 4.63. The summed E-state index contributed by atoms with van der Waals surface area (Å²) >= 11 is 0. The molecular formula is C12H17F3N2O2. The molecule has 108 valence electrons. The number of nitrogens with zero attached hydrogens (tertiary/aromatic N) is 1. The Morgan fingerprint density at radius 2 is 2.11 bits per heavy atom. The Morgan fingerprint density at radius 3 is 2.53 bits per heavy atom. The molecule has 4 nitrogen and oxygen atoms in total. The Labute approximate surface area is 109 Å². The highest BCUT2D eigenvalue weighted by Crippen LogP contribution is 2.21. The van der Waals surface area contributed by atoms with E-state index in [2.05, 4.69) is 0 Å². The van der Waals surface area contributed by atoms with E-state index in [1.54, 1.807) is 13.0 Å². The third-order valence-electron chi connectivity index (χ3n) is 2.81. The highest BCUT2D eigenvalue weighted by molar-refractivity contribution is 5.85. The molecule has 0 saturated heterocycles. The van der Waals surface area contributed by atoms with E-state index in [0.29, 0.717) is 4.90 Å². The van der Waals surface area contributed by atoms with Gasteiger partial charge in [0.2, 0.25) is 5.91 Å². The maximum Gasteiger partial charge on any atom is 0.406 e. The number of amides is 1. The van der Waals surface area contributed by atoms with Gasteiger partial charge in [-0.3, -0.25) is 4.79 Å². The van der Waals surface area contributed by atoms with Gasteiger partial charge in [0.1, 0.15) is 12.3 Å². The van der Waals surface area contributed by atoms with Crippen LogP contribution in [0.2, 0.25) is 0 Å². The first-order chi connectivity index (χ1) is 8.65. The van der Waals surface area contributed by atoms with Crippen molar-refractivity contribution in [3.8, 4) is 0 Å². The number of carbonyl (C=O) groups excluding carboxylic acids is 1. The fraction of sp³-hybridized carbons (Fsp3) is 0.583. The Kier molecular flexibility index (Phi) is 4.62. The Hall–Kier alpha value is -1.50. The van der Waals surface area contributed by atoms with Gasteiger partial charge in [0.15, 0.2) is 0 Å². The molecule has 0 aliphatic rings. The molecule has 0 bridgehead atoms. The molecule has 0 aliphatic heterocycles. The van der Waals surface area contributed by atoms with Gasteiger partial charge in [0.05, 0.1) is 18.3 Å². The minimum Gasteiger partial charge on any atom is -0.467 e. The van der Waals surface area contributed by atoms with Gasteiger partial charge < -0.3 is 15.1 Å². The largest absolute Gasteiger partial charge is 0.467 e. The number of hydrogen-bond donors (Lipinski definition) is 1. The highest BCUT2D eigenvalue weighted by Gasteiger charge is 2.38. The van der Waals surface area contributed by atoms with E-state index < -0.39 is 24.2 Å². The Balaban J connectivity index is 2.89. The van der Waals surface area contributed by atoms with Crippen LogP contribution < -0.4 is 5.73 Å². The maximum absolute atomic E-state index is 12.5. The van der Waals surface area contributed by atoms with Crippen molar-refractivity contribution in [3.05, 3.63) is 24.2 Å². The van der Waals surface area contributed by atoms with Gasteiger partial charge in [-0.2, -0.15) is 13.2 Å². The molecule has 0 aliphatic carbocycles. The molecule has 0 spiro atoms. The molecule has 7 heteroatoms. The smallest absolute Gasteiger partial charge is 0.406 e. The maximum atomic E-state index is 12.5. The van der Waals surface area contributed by atoms with Crippen molar-refractivity contribution >= 4 is 5.91 Å². The van der Waals surface area contributed by atoms with Crippen LogP contribution in [0.3, 0.4) is 0 Å². The lowest BCUT2D eigenvalue weighted by molar-refractivity contribution is -0.166. The lowest BCUT2D eigenvalue weighted by Crippen LogP contribution is -2.54. The van der Waals surface area contributed by atoms with Gasteiger partial charge in [-0.15, -0.1) is 0 Å². The minimum atomic E-state index is -4.48. The van der Waals surface area contributed by atoms with Crippen molar-refractivity contribution in [2.24, 2.45) is 5.73 Å². The van der Waals surface area contributed by atoms with Crippen molar-refractivity contribution in [1.29, 1.82) is 0 Å². The lowest BCUT2D eigenvalue weighted by Gasteiger charge is -2.31. The quantitative estimate of drug-likeness (QED) is 0.899. The number of rotatable bonds is 5. The average Bonchev–Trinajstić information content (AvgIpc) is 2.78. The Bertz CT molecular complexity index is 413. The predicted molar refractivity (Wildman–Crippen MR) is 63.1 cm³/mol. The molecule has 0 aromatic carbocycles. The molecule has 0 saturated carbocycles. The monoisotopic (exact) mass is 278 g/mol. The van der Waals surface area contributed by atoms with Crippen molar-refractivity contribution < 1.29 is 22.4 Å². The summed E-state index contributed by atoms with van der Waals surface area (Å²) in [6.07, 6.45) is -2.89. The molecule has 1 unspecified atom stereocenters. The molecule has 19 heavy (non-hydrogen) atoms. The summed E-state index contributed by atoms with van der Waals surface area (Å²) in [6, 6.07) is 3.06. The molecule has 1 atom stereocenters. The van der Waals surface area contributed by atoms with Gasteiger partial charge in [-0.25, -0.2) is 0 Å². The third-order valence-corrected chi connectivity index (χ3v) is 2.81. The van der Waals surface area contributed by atoms with Crippen LogP contribution in [0, 0.1) is 0 Å². The van der Waals surface area contributed by atoms with E-state index >= 15 is 0 Å². The second-order valence-electron chi connectivity index (χ2n) is 4.63. The standard InChI is InChI=1S/C12H17F3N2O2/c1-3-11(2,16)10(18)17(8-12(13,14)15)7-9-5-4-6-19-9/h4-6H,3,7-8,16H2,1-2H3. The van der Waals surface area contributed by atoms with Gasteiger partial charge in [0.25, 0.3) is 0 Å².